The Bertz CT molecular complexity index is 533. The van der Waals surface area contributed by atoms with E-state index in [2.05, 4.69) is 17.1 Å². The number of hydrogen-bond donors (Lipinski definition) is 1. The summed E-state index contributed by atoms with van der Waals surface area (Å²) in [6, 6.07) is 7.69. The largest absolute Gasteiger partial charge is 0.398 e. The number of nitrogens with zero attached hydrogens (tertiary/aromatic N) is 2. The molecule has 0 amide bonds. The molecule has 2 aromatic rings. The second kappa shape index (κ2) is 7.05. The van der Waals surface area contributed by atoms with Crippen LogP contribution in [-0.4, -0.2) is 16.7 Å². The summed E-state index contributed by atoms with van der Waals surface area (Å²) in [5.74, 6) is 1.19. The quantitative estimate of drug-likeness (QED) is 0.786. The van der Waals surface area contributed by atoms with Gasteiger partial charge in [-0.1, -0.05) is 36.7 Å². The van der Waals surface area contributed by atoms with E-state index in [-0.39, 0.29) is 6.10 Å². The molecule has 1 unspecified atom stereocenters. The van der Waals surface area contributed by atoms with Crippen LogP contribution in [0.1, 0.15) is 50.1 Å². The van der Waals surface area contributed by atoms with Gasteiger partial charge in [0.05, 0.1) is 6.42 Å². The van der Waals surface area contributed by atoms with Crippen LogP contribution in [-0.2, 0) is 11.2 Å². The molecule has 5 nitrogen and oxygen atoms in total. The zero-order valence-electron chi connectivity index (χ0n) is 12.0. The smallest absolute Gasteiger partial charge is 0.231 e. The van der Waals surface area contributed by atoms with Crippen molar-refractivity contribution in [3.05, 3.63) is 41.5 Å². The Morgan fingerprint density at radius 1 is 1.30 bits per heavy atom. The summed E-state index contributed by atoms with van der Waals surface area (Å²) in [4.78, 5) is 4.43. The van der Waals surface area contributed by atoms with Gasteiger partial charge in [-0.3, -0.25) is 0 Å². The SMILES string of the molecule is CCCC(OCC)c1noc(Cc2ccccc2N)n1. The first-order valence-electron chi connectivity index (χ1n) is 7.02. The number of benzene rings is 1. The molecule has 0 aliphatic carbocycles. The average molecular weight is 275 g/mol. The minimum Gasteiger partial charge on any atom is -0.398 e. The van der Waals surface area contributed by atoms with Crippen molar-refractivity contribution < 1.29 is 9.26 Å². The number of anilines is 1. The Morgan fingerprint density at radius 2 is 2.10 bits per heavy atom. The molecule has 108 valence electrons. The number of nitrogens with two attached hydrogens (primary N) is 1. The fourth-order valence-corrected chi connectivity index (χ4v) is 2.08. The summed E-state index contributed by atoms with van der Waals surface area (Å²) < 4.78 is 10.9. The van der Waals surface area contributed by atoms with Crippen molar-refractivity contribution in [2.75, 3.05) is 12.3 Å². The Kier molecular flexibility index (Phi) is 5.12. The van der Waals surface area contributed by atoms with Crippen molar-refractivity contribution in [2.24, 2.45) is 0 Å². The van der Waals surface area contributed by atoms with Crippen LogP contribution in [0.25, 0.3) is 0 Å². The molecule has 2 rings (SSSR count). The van der Waals surface area contributed by atoms with E-state index < -0.39 is 0 Å². The molecule has 5 heteroatoms. The standard InChI is InChI=1S/C15H21N3O2/c1-3-7-13(19-4-2)15-17-14(20-18-15)10-11-8-5-6-9-12(11)16/h5-6,8-9,13H,3-4,7,10,16H2,1-2H3. The summed E-state index contributed by atoms with van der Waals surface area (Å²) in [6.07, 6.45) is 2.36. The summed E-state index contributed by atoms with van der Waals surface area (Å²) in [5, 5.41) is 4.03. The van der Waals surface area contributed by atoms with Gasteiger partial charge < -0.3 is 15.0 Å². The molecule has 0 spiro atoms. The Labute approximate surface area is 119 Å². The molecule has 1 aromatic heterocycles. The lowest BCUT2D eigenvalue weighted by atomic mass is 10.1. The lowest BCUT2D eigenvalue weighted by molar-refractivity contribution is 0.0478. The van der Waals surface area contributed by atoms with Gasteiger partial charge in [0.2, 0.25) is 11.7 Å². The van der Waals surface area contributed by atoms with Crippen molar-refractivity contribution >= 4 is 5.69 Å². The van der Waals surface area contributed by atoms with Gasteiger partial charge in [-0.05, 0) is 25.0 Å². The van der Waals surface area contributed by atoms with Crippen LogP contribution < -0.4 is 5.73 Å². The topological polar surface area (TPSA) is 74.2 Å². The zero-order valence-corrected chi connectivity index (χ0v) is 12.0. The van der Waals surface area contributed by atoms with E-state index in [1.165, 1.54) is 0 Å². The lowest BCUT2D eigenvalue weighted by Gasteiger charge is -2.11. The lowest BCUT2D eigenvalue weighted by Crippen LogP contribution is -2.06. The Morgan fingerprint density at radius 3 is 2.80 bits per heavy atom. The van der Waals surface area contributed by atoms with Crippen molar-refractivity contribution in [1.82, 2.24) is 10.1 Å². The van der Waals surface area contributed by atoms with Gasteiger partial charge in [0, 0.05) is 12.3 Å². The first-order valence-corrected chi connectivity index (χ1v) is 7.02. The number of para-hydroxylation sites is 1. The molecule has 0 fully saturated rings. The maximum absolute atomic E-state index is 5.92. The van der Waals surface area contributed by atoms with Gasteiger partial charge in [0.1, 0.15) is 6.10 Å². The summed E-state index contributed by atoms with van der Waals surface area (Å²) in [7, 11) is 0. The molecule has 0 bridgehead atoms. The van der Waals surface area contributed by atoms with Gasteiger partial charge in [0.15, 0.2) is 0 Å². The predicted octanol–water partition coefficient (Wildman–Crippen LogP) is 3.12. The van der Waals surface area contributed by atoms with E-state index in [1.54, 1.807) is 0 Å². The third-order valence-electron chi connectivity index (χ3n) is 3.09. The van der Waals surface area contributed by atoms with E-state index in [9.17, 15) is 0 Å². The monoisotopic (exact) mass is 275 g/mol. The number of ether oxygens (including phenoxy) is 1. The van der Waals surface area contributed by atoms with Crippen LogP contribution in [0.2, 0.25) is 0 Å². The minimum atomic E-state index is -0.0874. The Balaban J connectivity index is 2.10. The van der Waals surface area contributed by atoms with Gasteiger partial charge in [-0.25, -0.2) is 0 Å². The predicted molar refractivity (Wildman–Crippen MR) is 77.2 cm³/mol. The number of aromatic nitrogens is 2. The van der Waals surface area contributed by atoms with Crippen LogP contribution in [0.5, 0.6) is 0 Å². The molecule has 20 heavy (non-hydrogen) atoms. The van der Waals surface area contributed by atoms with Crippen LogP contribution in [0.15, 0.2) is 28.8 Å². The molecule has 0 saturated heterocycles. The van der Waals surface area contributed by atoms with Gasteiger partial charge >= 0.3 is 0 Å². The van der Waals surface area contributed by atoms with Gasteiger partial charge in [-0.15, -0.1) is 0 Å². The molecule has 0 saturated carbocycles. The summed E-state index contributed by atoms with van der Waals surface area (Å²) in [5.41, 5.74) is 7.65. The molecule has 2 N–H and O–H groups in total. The highest BCUT2D eigenvalue weighted by Crippen LogP contribution is 2.21. The summed E-state index contributed by atoms with van der Waals surface area (Å²) in [6.45, 7) is 4.71. The van der Waals surface area contributed by atoms with Crippen molar-refractivity contribution in [3.63, 3.8) is 0 Å². The highest BCUT2D eigenvalue weighted by atomic mass is 16.5. The third kappa shape index (κ3) is 3.57. The second-order valence-corrected chi connectivity index (χ2v) is 4.65. The van der Waals surface area contributed by atoms with Gasteiger partial charge in [-0.2, -0.15) is 4.98 Å². The molecule has 1 atom stereocenters. The number of rotatable bonds is 7. The van der Waals surface area contributed by atoms with Crippen LogP contribution in [0, 0.1) is 0 Å². The van der Waals surface area contributed by atoms with Crippen molar-refractivity contribution in [1.29, 1.82) is 0 Å². The van der Waals surface area contributed by atoms with Crippen molar-refractivity contribution in [2.45, 2.75) is 39.2 Å². The third-order valence-corrected chi connectivity index (χ3v) is 3.09. The normalized spacial score (nSPS) is 12.5. The van der Waals surface area contributed by atoms with E-state index in [0.29, 0.717) is 24.7 Å². The maximum Gasteiger partial charge on any atom is 0.231 e. The fourth-order valence-electron chi connectivity index (χ4n) is 2.08. The molecular weight excluding hydrogens is 254 g/mol. The van der Waals surface area contributed by atoms with Crippen LogP contribution in [0.4, 0.5) is 5.69 Å². The second-order valence-electron chi connectivity index (χ2n) is 4.65. The summed E-state index contributed by atoms with van der Waals surface area (Å²) >= 11 is 0. The minimum absolute atomic E-state index is 0.0874. The zero-order chi connectivity index (χ0) is 14.4. The van der Waals surface area contributed by atoms with Crippen LogP contribution in [0.3, 0.4) is 0 Å². The molecule has 0 radical (unpaired) electrons. The van der Waals surface area contributed by atoms with E-state index in [1.807, 2.05) is 31.2 Å². The molecule has 1 aromatic carbocycles. The van der Waals surface area contributed by atoms with Gasteiger partial charge in [0.25, 0.3) is 0 Å². The van der Waals surface area contributed by atoms with E-state index >= 15 is 0 Å². The molecule has 1 heterocycles. The Hall–Kier alpha value is -1.88. The maximum atomic E-state index is 5.92. The highest BCUT2D eigenvalue weighted by Gasteiger charge is 2.18. The number of hydrogen-bond acceptors (Lipinski definition) is 5. The molecule has 0 aliphatic rings. The first kappa shape index (κ1) is 14.5. The molecule has 0 aliphatic heterocycles. The average Bonchev–Trinajstić information content (AvgIpc) is 2.90. The molecular formula is C15H21N3O2. The van der Waals surface area contributed by atoms with Crippen LogP contribution >= 0.6 is 0 Å². The van der Waals surface area contributed by atoms with E-state index in [4.69, 9.17) is 15.0 Å². The van der Waals surface area contributed by atoms with Crippen molar-refractivity contribution in [3.8, 4) is 0 Å². The number of nitrogen functional groups attached to an aromatic ring is 1. The highest BCUT2D eigenvalue weighted by molar-refractivity contribution is 5.47. The fraction of sp³-hybridized carbons (Fsp3) is 0.467. The van der Waals surface area contributed by atoms with E-state index in [0.717, 1.165) is 24.1 Å². The first-order chi connectivity index (χ1) is 9.74.